The van der Waals surface area contributed by atoms with E-state index in [-0.39, 0.29) is 17.3 Å². The van der Waals surface area contributed by atoms with Gasteiger partial charge in [0.25, 0.3) is 0 Å². The van der Waals surface area contributed by atoms with Crippen molar-refractivity contribution < 1.29 is 17.9 Å². The SMILES string of the molecule is COc1ccc(S(=O)(=O)N(C)Cc2ccc(SC)cc2)cc1N1CCCC1=O. The quantitative estimate of drug-likeness (QED) is 0.643. The fraction of sp³-hybridized carbons (Fsp3) is 0.350. The summed E-state index contributed by atoms with van der Waals surface area (Å²) >= 11 is 1.64. The predicted octanol–water partition coefficient (Wildman–Crippen LogP) is 3.36. The first-order valence-corrected chi connectivity index (χ1v) is 11.6. The number of benzene rings is 2. The molecule has 2 aromatic carbocycles. The first kappa shape index (κ1) is 20.7. The summed E-state index contributed by atoms with van der Waals surface area (Å²) < 4.78 is 32.8. The molecule has 1 fully saturated rings. The number of methoxy groups -OCH3 is 1. The Labute approximate surface area is 170 Å². The molecule has 150 valence electrons. The maximum atomic E-state index is 13.1. The normalized spacial score (nSPS) is 14.7. The summed E-state index contributed by atoms with van der Waals surface area (Å²) in [6.07, 6.45) is 3.22. The highest BCUT2D eigenvalue weighted by Crippen LogP contribution is 2.34. The summed E-state index contributed by atoms with van der Waals surface area (Å²) in [5.74, 6) is 0.472. The van der Waals surface area contributed by atoms with E-state index in [0.29, 0.717) is 24.4 Å². The second-order valence-electron chi connectivity index (χ2n) is 6.59. The Balaban J connectivity index is 1.88. The molecule has 28 heavy (non-hydrogen) atoms. The molecule has 3 rings (SSSR count). The van der Waals surface area contributed by atoms with E-state index in [1.807, 2.05) is 30.5 Å². The smallest absolute Gasteiger partial charge is 0.243 e. The topological polar surface area (TPSA) is 66.9 Å². The van der Waals surface area contributed by atoms with Crippen LogP contribution in [0.5, 0.6) is 5.75 Å². The van der Waals surface area contributed by atoms with Gasteiger partial charge < -0.3 is 9.64 Å². The number of thioether (sulfide) groups is 1. The Morgan fingerprint density at radius 2 is 1.89 bits per heavy atom. The van der Waals surface area contributed by atoms with Crippen LogP contribution < -0.4 is 9.64 Å². The van der Waals surface area contributed by atoms with Gasteiger partial charge in [-0.15, -0.1) is 11.8 Å². The van der Waals surface area contributed by atoms with E-state index >= 15 is 0 Å². The first-order chi connectivity index (χ1) is 13.4. The van der Waals surface area contributed by atoms with Crippen molar-refractivity contribution in [2.45, 2.75) is 29.2 Å². The number of sulfonamides is 1. The van der Waals surface area contributed by atoms with Crippen molar-refractivity contribution in [3.63, 3.8) is 0 Å². The van der Waals surface area contributed by atoms with Crippen LogP contribution in [0.1, 0.15) is 18.4 Å². The second-order valence-corrected chi connectivity index (χ2v) is 9.52. The van der Waals surface area contributed by atoms with Crippen molar-refractivity contribution in [1.82, 2.24) is 4.31 Å². The Morgan fingerprint density at radius 1 is 1.18 bits per heavy atom. The zero-order valence-corrected chi connectivity index (χ0v) is 17.8. The molecular formula is C20H24N2O4S2. The number of carbonyl (C=O) groups is 1. The molecule has 0 aliphatic carbocycles. The molecule has 0 radical (unpaired) electrons. The third-order valence-electron chi connectivity index (χ3n) is 4.79. The van der Waals surface area contributed by atoms with Crippen molar-refractivity contribution in [3.05, 3.63) is 48.0 Å². The van der Waals surface area contributed by atoms with Gasteiger partial charge in [-0.2, -0.15) is 4.31 Å². The number of nitrogens with zero attached hydrogens (tertiary/aromatic N) is 2. The highest BCUT2D eigenvalue weighted by Gasteiger charge is 2.28. The molecule has 0 atom stereocenters. The standard InChI is InChI=1S/C20H24N2O4S2/c1-21(14-15-6-8-16(27-3)9-7-15)28(24,25)17-10-11-19(26-2)18(13-17)22-12-4-5-20(22)23/h6-11,13H,4-5,12,14H2,1-3H3. The van der Waals surface area contributed by atoms with Crippen molar-refractivity contribution in [1.29, 1.82) is 0 Å². The highest BCUT2D eigenvalue weighted by atomic mass is 32.2. The number of carbonyl (C=O) groups excluding carboxylic acids is 1. The lowest BCUT2D eigenvalue weighted by molar-refractivity contribution is -0.117. The molecule has 1 aliphatic heterocycles. The lowest BCUT2D eigenvalue weighted by atomic mass is 10.2. The second kappa shape index (κ2) is 8.55. The minimum Gasteiger partial charge on any atom is -0.495 e. The Hall–Kier alpha value is -2.03. The monoisotopic (exact) mass is 420 g/mol. The van der Waals surface area contributed by atoms with Gasteiger partial charge in [-0.3, -0.25) is 4.79 Å². The maximum Gasteiger partial charge on any atom is 0.243 e. The molecule has 6 nitrogen and oxygen atoms in total. The summed E-state index contributed by atoms with van der Waals surface area (Å²) in [5, 5.41) is 0. The average molecular weight is 421 g/mol. The predicted molar refractivity (Wildman–Crippen MR) is 111 cm³/mol. The highest BCUT2D eigenvalue weighted by molar-refractivity contribution is 7.98. The van der Waals surface area contributed by atoms with E-state index in [1.165, 1.54) is 23.5 Å². The fourth-order valence-electron chi connectivity index (χ4n) is 3.20. The summed E-state index contributed by atoms with van der Waals surface area (Å²) in [7, 11) is -0.643. The Morgan fingerprint density at radius 3 is 2.46 bits per heavy atom. The zero-order valence-electron chi connectivity index (χ0n) is 16.2. The van der Waals surface area contributed by atoms with E-state index in [1.54, 1.807) is 29.8 Å². The molecule has 0 bridgehead atoms. The van der Waals surface area contributed by atoms with Gasteiger partial charge in [0, 0.05) is 31.5 Å². The summed E-state index contributed by atoms with van der Waals surface area (Å²) in [6.45, 7) is 0.831. The van der Waals surface area contributed by atoms with Crippen LogP contribution in [0, 0.1) is 0 Å². The number of rotatable bonds is 7. The van der Waals surface area contributed by atoms with Crippen LogP contribution in [0.4, 0.5) is 5.69 Å². The van der Waals surface area contributed by atoms with Crippen molar-refractivity contribution in [2.24, 2.45) is 0 Å². The van der Waals surface area contributed by atoms with E-state index in [0.717, 1.165) is 16.9 Å². The van der Waals surface area contributed by atoms with Crippen molar-refractivity contribution >= 4 is 33.4 Å². The van der Waals surface area contributed by atoms with E-state index in [2.05, 4.69) is 0 Å². The van der Waals surface area contributed by atoms with E-state index < -0.39 is 10.0 Å². The third kappa shape index (κ3) is 4.19. The molecule has 1 saturated heterocycles. The molecular weight excluding hydrogens is 396 g/mol. The molecule has 0 saturated carbocycles. The molecule has 1 amide bonds. The third-order valence-corrected chi connectivity index (χ3v) is 7.33. The molecule has 0 spiro atoms. The lowest BCUT2D eigenvalue weighted by Gasteiger charge is -2.22. The van der Waals surface area contributed by atoms with Gasteiger partial charge in [0.1, 0.15) is 5.75 Å². The minimum atomic E-state index is -3.71. The lowest BCUT2D eigenvalue weighted by Crippen LogP contribution is -2.28. The first-order valence-electron chi connectivity index (χ1n) is 8.94. The molecule has 0 unspecified atom stereocenters. The van der Waals surface area contributed by atoms with Crippen LogP contribution in [0.3, 0.4) is 0 Å². The molecule has 2 aromatic rings. The van der Waals surface area contributed by atoms with Crippen LogP contribution in [0.25, 0.3) is 0 Å². The molecule has 1 aliphatic rings. The summed E-state index contributed by atoms with van der Waals surface area (Å²) in [5.41, 5.74) is 1.41. The fourth-order valence-corrected chi connectivity index (χ4v) is 4.78. The van der Waals surface area contributed by atoms with Crippen LogP contribution in [0.15, 0.2) is 52.3 Å². The number of amides is 1. The van der Waals surface area contributed by atoms with Crippen LogP contribution >= 0.6 is 11.8 Å². The van der Waals surface area contributed by atoms with Crippen molar-refractivity contribution in [3.8, 4) is 5.75 Å². The number of hydrogen-bond donors (Lipinski definition) is 0. The molecule has 0 N–H and O–H groups in total. The van der Waals surface area contributed by atoms with Crippen LogP contribution in [-0.4, -0.2) is 45.6 Å². The van der Waals surface area contributed by atoms with E-state index in [4.69, 9.17) is 4.74 Å². The molecule has 8 heteroatoms. The van der Waals surface area contributed by atoms with E-state index in [9.17, 15) is 13.2 Å². The summed E-state index contributed by atoms with van der Waals surface area (Å²) in [6, 6.07) is 12.5. The maximum absolute atomic E-state index is 13.1. The van der Waals surface area contributed by atoms with Gasteiger partial charge >= 0.3 is 0 Å². The van der Waals surface area contributed by atoms with Crippen LogP contribution in [0.2, 0.25) is 0 Å². The van der Waals surface area contributed by atoms with Gasteiger partial charge in [0.05, 0.1) is 17.7 Å². The Bertz CT molecular complexity index is 959. The van der Waals surface area contributed by atoms with Gasteiger partial charge in [-0.25, -0.2) is 8.42 Å². The Kier molecular flexibility index (Phi) is 6.32. The largest absolute Gasteiger partial charge is 0.495 e. The minimum absolute atomic E-state index is 0.0184. The number of ether oxygens (including phenoxy) is 1. The van der Waals surface area contributed by atoms with Gasteiger partial charge in [0.15, 0.2) is 0 Å². The van der Waals surface area contributed by atoms with Gasteiger partial charge in [0.2, 0.25) is 15.9 Å². The number of hydrogen-bond acceptors (Lipinski definition) is 5. The van der Waals surface area contributed by atoms with Gasteiger partial charge in [-0.1, -0.05) is 12.1 Å². The summed E-state index contributed by atoms with van der Waals surface area (Å²) in [4.78, 5) is 15.0. The zero-order chi connectivity index (χ0) is 20.3. The molecule has 1 heterocycles. The van der Waals surface area contributed by atoms with Crippen molar-refractivity contribution in [2.75, 3.05) is 31.9 Å². The number of anilines is 1. The van der Waals surface area contributed by atoms with Crippen LogP contribution in [-0.2, 0) is 21.4 Å². The molecule has 0 aromatic heterocycles. The average Bonchev–Trinajstić information content (AvgIpc) is 3.13. The van der Waals surface area contributed by atoms with Gasteiger partial charge in [-0.05, 0) is 48.6 Å².